The van der Waals surface area contributed by atoms with Gasteiger partial charge >= 0.3 is 0 Å². The highest BCUT2D eigenvalue weighted by Gasteiger charge is 1.96. The fourth-order valence-corrected chi connectivity index (χ4v) is 1.44. The second kappa shape index (κ2) is 6.18. The first-order valence-electron chi connectivity index (χ1n) is 4.05. The number of benzene rings is 1. The molecular formula is C10H14BrF. The quantitative estimate of drug-likeness (QED) is 0.642. The average Bonchev–Trinajstić information content (AvgIpc) is 2.08. The molecule has 0 radical (unpaired) electrons. The van der Waals surface area contributed by atoms with E-state index in [2.05, 4.69) is 15.9 Å². The zero-order chi connectivity index (χ0) is 9.56. The number of halogens is 2. The summed E-state index contributed by atoms with van der Waals surface area (Å²) in [4.78, 5) is 0. The number of hydrogen-bond donors (Lipinski definition) is 0. The van der Waals surface area contributed by atoms with Crippen molar-refractivity contribution in [2.75, 3.05) is 0 Å². The molecule has 0 atom stereocenters. The fourth-order valence-electron chi connectivity index (χ4n) is 0.809. The van der Waals surface area contributed by atoms with Crippen LogP contribution in [0.3, 0.4) is 0 Å². The van der Waals surface area contributed by atoms with Gasteiger partial charge in [0.05, 0.1) is 0 Å². The molecule has 1 aromatic carbocycles. The molecule has 0 heterocycles. The summed E-state index contributed by atoms with van der Waals surface area (Å²) in [6.07, 6.45) is 0. The number of rotatable bonds is 1. The highest BCUT2D eigenvalue weighted by molar-refractivity contribution is 9.08. The predicted molar refractivity (Wildman–Crippen MR) is 55.1 cm³/mol. The largest absolute Gasteiger partial charge is 0.207 e. The van der Waals surface area contributed by atoms with Gasteiger partial charge in [0, 0.05) is 5.33 Å². The Bertz CT molecular complexity index is 233. The standard InChI is InChI=1S/C8H8BrF.C2H6/c1-6-4-8(10)3-2-7(6)5-9;1-2/h2-4H,5H2,1H3;1-2H3. The Morgan fingerprint density at radius 3 is 2.33 bits per heavy atom. The van der Waals surface area contributed by atoms with Crippen molar-refractivity contribution in [3.8, 4) is 0 Å². The van der Waals surface area contributed by atoms with Crippen molar-refractivity contribution in [2.45, 2.75) is 26.1 Å². The van der Waals surface area contributed by atoms with Crippen molar-refractivity contribution < 1.29 is 4.39 Å². The summed E-state index contributed by atoms with van der Waals surface area (Å²) in [5.74, 6) is -0.165. The zero-order valence-electron chi connectivity index (χ0n) is 7.70. The van der Waals surface area contributed by atoms with E-state index in [9.17, 15) is 4.39 Å². The number of alkyl halides is 1. The van der Waals surface area contributed by atoms with Crippen LogP contribution in [0.5, 0.6) is 0 Å². The van der Waals surface area contributed by atoms with E-state index in [1.54, 1.807) is 6.07 Å². The third kappa shape index (κ3) is 3.35. The van der Waals surface area contributed by atoms with E-state index in [-0.39, 0.29) is 5.82 Å². The molecule has 0 unspecified atom stereocenters. The normalized spacial score (nSPS) is 8.75. The molecule has 0 nitrogen and oxygen atoms in total. The van der Waals surface area contributed by atoms with Crippen LogP contribution in [0.2, 0.25) is 0 Å². The van der Waals surface area contributed by atoms with Crippen molar-refractivity contribution in [3.05, 3.63) is 35.1 Å². The lowest BCUT2D eigenvalue weighted by Crippen LogP contribution is -1.84. The molecule has 0 aromatic heterocycles. The molecule has 0 bridgehead atoms. The van der Waals surface area contributed by atoms with Crippen molar-refractivity contribution in [3.63, 3.8) is 0 Å². The SMILES string of the molecule is CC.Cc1cc(F)ccc1CBr. The van der Waals surface area contributed by atoms with Crippen LogP contribution in [-0.4, -0.2) is 0 Å². The lowest BCUT2D eigenvalue weighted by molar-refractivity contribution is 0.626. The first kappa shape index (κ1) is 11.6. The molecule has 0 N–H and O–H groups in total. The Kier molecular flexibility index (Phi) is 5.99. The van der Waals surface area contributed by atoms with Crippen molar-refractivity contribution in [1.82, 2.24) is 0 Å². The molecule has 0 fully saturated rings. The van der Waals surface area contributed by atoms with Gasteiger partial charge in [0.25, 0.3) is 0 Å². The summed E-state index contributed by atoms with van der Waals surface area (Å²) in [6, 6.07) is 4.81. The second-order valence-corrected chi connectivity index (χ2v) is 2.77. The summed E-state index contributed by atoms with van der Waals surface area (Å²) in [5.41, 5.74) is 2.14. The van der Waals surface area contributed by atoms with Crippen molar-refractivity contribution in [1.29, 1.82) is 0 Å². The van der Waals surface area contributed by atoms with Gasteiger partial charge in [0.2, 0.25) is 0 Å². The van der Waals surface area contributed by atoms with E-state index in [1.165, 1.54) is 12.1 Å². The van der Waals surface area contributed by atoms with Gasteiger partial charge in [-0.05, 0) is 30.2 Å². The fraction of sp³-hybridized carbons (Fsp3) is 0.400. The molecule has 0 aliphatic carbocycles. The Labute approximate surface area is 81.9 Å². The Balaban J connectivity index is 0.000000561. The molecule has 12 heavy (non-hydrogen) atoms. The minimum Gasteiger partial charge on any atom is -0.207 e. The molecular weight excluding hydrogens is 219 g/mol. The molecule has 0 aliphatic heterocycles. The van der Waals surface area contributed by atoms with Crippen molar-refractivity contribution in [2.24, 2.45) is 0 Å². The molecule has 68 valence electrons. The minimum atomic E-state index is -0.165. The molecule has 2 heteroatoms. The Hall–Kier alpha value is -0.370. The highest BCUT2D eigenvalue weighted by Crippen LogP contribution is 2.12. The van der Waals surface area contributed by atoms with Crippen LogP contribution in [0, 0.1) is 12.7 Å². The second-order valence-electron chi connectivity index (χ2n) is 2.20. The van der Waals surface area contributed by atoms with E-state index in [4.69, 9.17) is 0 Å². The maximum atomic E-state index is 12.5. The van der Waals surface area contributed by atoms with Crippen LogP contribution in [0.15, 0.2) is 18.2 Å². The minimum absolute atomic E-state index is 0.165. The molecule has 0 spiro atoms. The van der Waals surface area contributed by atoms with E-state index in [0.717, 1.165) is 16.5 Å². The van der Waals surface area contributed by atoms with Gasteiger partial charge in [-0.1, -0.05) is 35.8 Å². The maximum absolute atomic E-state index is 12.5. The van der Waals surface area contributed by atoms with Gasteiger partial charge in [-0.2, -0.15) is 0 Å². The number of hydrogen-bond acceptors (Lipinski definition) is 0. The van der Waals surface area contributed by atoms with Crippen LogP contribution >= 0.6 is 15.9 Å². The molecule has 0 aliphatic rings. The maximum Gasteiger partial charge on any atom is 0.123 e. The van der Waals surface area contributed by atoms with Crippen LogP contribution < -0.4 is 0 Å². The topological polar surface area (TPSA) is 0 Å². The predicted octanol–water partition coefficient (Wildman–Crippen LogP) is 4.06. The van der Waals surface area contributed by atoms with Crippen LogP contribution in [0.1, 0.15) is 25.0 Å². The summed E-state index contributed by atoms with van der Waals surface area (Å²) >= 11 is 3.31. The lowest BCUT2D eigenvalue weighted by Gasteiger charge is -1.99. The third-order valence-corrected chi connectivity index (χ3v) is 2.05. The van der Waals surface area contributed by atoms with E-state index >= 15 is 0 Å². The average molecular weight is 233 g/mol. The molecule has 1 aromatic rings. The zero-order valence-corrected chi connectivity index (χ0v) is 9.28. The first-order chi connectivity index (χ1) is 5.74. The summed E-state index contributed by atoms with van der Waals surface area (Å²) in [7, 11) is 0. The van der Waals surface area contributed by atoms with Gasteiger partial charge in [-0.25, -0.2) is 4.39 Å². The van der Waals surface area contributed by atoms with Crippen LogP contribution in [-0.2, 0) is 5.33 Å². The monoisotopic (exact) mass is 232 g/mol. The summed E-state index contributed by atoms with van der Waals surface area (Å²) in [5, 5.41) is 0.791. The number of aryl methyl sites for hydroxylation is 1. The highest BCUT2D eigenvalue weighted by atomic mass is 79.9. The van der Waals surface area contributed by atoms with Crippen LogP contribution in [0.25, 0.3) is 0 Å². The van der Waals surface area contributed by atoms with E-state index in [1.807, 2.05) is 20.8 Å². The van der Waals surface area contributed by atoms with Gasteiger partial charge in [0.1, 0.15) is 5.82 Å². The Morgan fingerprint density at radius 2 is 1.92 bits per heavy atom. The molecule has 0 saturated carbocycles. The molecule has 0 amide bonds. The van der Waals surface area contributed by atoms with Gasteiger partial charge in [0.15, 0.2) is 0 Å². The third-order valence-electron chi connectivity index (χ3n) is 1.45. The Morgan fingerprint density at radius 1 is 1.33 bits per heavy atom. The van der Waals surface area contributed by atoms with Crippen molar-refractivity contribution >= 4 is 15.9 Å². The summed E-state index contributed by atoms with van der Waals surface area (Å²) in [6.45, 7) is 5.90. The van der Waals surface area contributed by atoms with Gasteiger partial charge in [-0.15, -0.1) is 0 Å². The van der Waals surface area contributed by atoms with Gasteiger partial charge < -0.3 is 0 Å². The molecule has 0 saturated heterocycles. The first-order valence-corrected chi connectivity index (χ1v) is 5.17. The van der Waals surface area contributed by atoms with E-state index < -0.39 is 0 Å². The summed E-state index contributed by atoms with van der Waals surface area (Å²) < 4.78 is 12.5. The van der Waals surface area contributed by atoms with Crippen LogP contribution in [0.4, 0.5) is 4.39 Å². The van der Waals surface area contributed by atoms with E-state index in [0.29, 0.717) is 0 Å². The van der Waals surface area contributed by atoms with Gasteiger partial charge in [-0.3, -0.25) is 0 Å². The lowest BCUT2D eigenvalue weighted by atomic mass is 10.1. The molecule has 1 rings (SSSR count). The smallest absolute Gasteiger partial charge is 0.123 e.